The van der Waals surface area contributed by atoms with E-state index in [4.69, 9.17) is 4.74 Å². The normalized spacial score (nSPS) is 19.0. The Balaban J connectivity index is 0.847. The van der Waals surface area contributed by atoms with E-state index in [9.17, 15) is 22.8 Å². The summed E-state index contributed by atoms with van der Waals surface area (Å²) in [5, 5.41) is 5.72. The van der Waals surface area contributed by atoms with Crippen LogP contribution >= 0.6 is 0 Å². The van der Waals surface area contributed by atoms with Gasteiger partial charge in [-0.25, -0.2) is 4.79 Å². The van der Waals surface area contributed by atoms with E-state index < -0.39 is 17.3 Å². The predicted octanol–water partition coefficient (Wildman–Crippen LogP) is 7.24. The van der Waals surface area contributed by atoms with Crippen LogP contribution in [0.1, 0.15) is 58.3 Å². The largest absolute Gasteiger partial charge is 0.441 e. The first-order chi connectivity index (χ1) is 23.6. The van der Waals surface area contributed by atoms with Crippen molar-refractivity contribution in [2.24, 2.45) is 0 Å². The Bertz CT molecular complexity index is 1780. The zero-order valence-corrected chi connectivity index (χ0v) is 27.4. The van der Waals surface area contributed by atoms with Gasteiger partial charge in [0.25, 0.3) is 5.91 Å². The average molecular weight is 671 g/mol. The molecule has 0 radical (unpaired) electrons. The fraction of sp³-hybridized carbons (Fsp3) is 0.385. The number of nitrogens with zero attached hydrogens (tertiary/aromatic N) is 3. The van der Waals surface area contributed by atoms with Gasteiger partial charge in [0.05, 0.1) is 12.1 Å². The topological polar surface area (TPSA) is 65.1 Å². The average Bonchev–Trinajstić information content (AvgIpc) is 3.40. The second-order valence-electron chi connectivity index (χ2n) is 13.8. The van der Waals surface area contributed by atoms with Crippen LogP contribution < -0.4 is 5.32 Å². The standard InChI is InChI=1S/C39H41F3N4O3/c40-39(41,42)34-13-8-28(9-14-34)24-45-21-17-38(18-22-45)27-46(37(48)49-38)26-29-5-11-32(12-6-29)36(47)43-35-15-19-44(20-16-35)25-30-7-10-31-3-1-2-4-33(31)23-30/h1-14,23,35H,15-22,24-27H2,(H,43,47). The molecule has 0 aromatic heterocycles. The van der Waals surface area contributed by atoms with Crippen LogP contribution in [-0.4, -0.2) is 71.1 Å². The molecule has 2 amide bonds. The Morgan fingerprint density at radius 1 is 0.755 bits per heavy atom. The van der Waals surface area contributed by atoms with Crippen LogP contribution in [0, 0.1) is 0 Å². The molecule has 1 spiro atoms. The second-order valence-corrected chi connectivity index (χ2v) is 13.8. The molecule has 3 saturated heterocycles. The minimum atomic E-state index is -4.34. The summed E-state index contributed by atoms with van der Waals surface area (Å²) in [5.41, 5.74) is 2.45. The lowest BCUT2D eigenvalue weighted by molar-refractivity contribution is -0.137. The number of amides is 2. The molecule has 7 nitrogen and oxygen atoms in total. The van der Waals surface area contributed by atoms with E-state index in [-0.39, 0.29) is 18.0 Å². The van der Waals surface area contributed by atoms with Gasteiger partial charge in [-0.15, -0.1) is 0 Å². The molecule has 0 unspecified atom stereocenters. The molecule has 10 heteroatoms. The fourth-order valence-electron chi connectivity index (χ4n) is 7.33. The van der Waals surface area contributed by atoms with Crippen molar-refractivity contribution >= 4 is 22.8 Å². The summed E-state index contributed by atoms with van der Waals surface area (Å²) in [5.74, 6) is -0.0814. The molecule has 4 aromatic carbocycles. The van der Waals surface area contributed by atoms with Gasteiger partial charge in [-0.2, -0.15) is 13.2 Å². The molecule has 3 aliphatic rings. The van der Waals surface area contributed by atoms with Crippen LogP contribution in [0.5, 0.6) is 0 Å². The molecule has 0 bridgehead atoms. The highest BCUT2D eigenvalue weighted by molar-refractivity contribution is 5.94. The number of ether oxygens (including phenoxy) is 1. The van der Waals surface area contributed by atoms with Crippen molar-refractivity contribution in [3.63, 3.8) is 0 Å². The van der Waals surface area contributed by atoms with Gasteiger partial charge in [0.15, 0.2) is 0 Å². The number of halogens is 3. The van der Waals surface area contributed by atoms with Crippen molar-refractivity contribution in [2.45, 2.75) is 63.1 Å². The minimum Gasteiger partial charge on any atom is -0.441 e. The van der Waals surface area contributed by atoms with Crippen LogP contribution in [0.4, 0.5) is 18.0 Å². The molecule has 1 N–H and O–H groups in total. The van der Waals surface area contributed by atoms with Crippen molar-refractivity contribution in [3.8, 4) is 0 Å². The highest BCUT2D eigenvalue weighted by Gasteiger charge is 2.46. The SMILES string of the molecule is O=C(NC1CCN(Cc2ccc3ccccc3c2)CC1)c1ccc(CN2CC3(CCN(Cc4ccc(C(F)(F)F)cc4)CC3)OC2=O)cc1. The van der Waals surface area contributed by atoms with E-state index in [0.717, 1.165) is 55.7 Å². The van der Waals surface area contributed by atoms with E-state index in [1.54, 1.807) is 4.90 Å². The Morgan fingerprint density at radius 2 is 1.35 bits per heavy atom. The number of likely N-dealkylation sites (tertiary alicyclic amines) is 2. The van der Waals surface area contributed by atoms with Crippen molar-refractivity contribution in [1.29, 1.82) is 0 Å². The number of carbonyl (C=O) groups excluding carboxylic acids is 2. The summed E-state index contributed by atoms with van der Waals surface area (Å²) in [7, 11) is 0. The lowest BCUT2D eigenvalue weighted by atomic mass is 9.91. The third-order valence-electron chi connectivity index (χ3n) is 10.2. The van der Waals surface area contributed by atoms with E-state index in [0.29, 0.717) is 51.1 Å². The first kappa shape index (κ1) is 33.1. The smallest absolute Gasteiger partial charge is 0.416 e. The van der Waals surface area contributed by atoms with Gasteiger partial charge in [-0.3, -0.25) is 19.5 Å². The first-order valence-electron chi connectivity index (χ1n) is 17.1. The zero-order chi connectivity index (χ0) is 34.0. The molecular formula is C39H41F3N4O3. The fourth-order valence-corrected chi connectivity index (χ4v) is 7.33. The summed E-state index contributed by atoms with van der Waals surface area (Å²) in [4.78, 5) is 32.2. The number of benzene rings is 4. The van der Waals surface area contributed by atoms with Gasteiger partial charge in [0.2, 0.25) is 0 Å². The van der Waals surface area contributed by atoms with Crippen LogP contribution in [0.25, 0.3) is 10.8 Å². The van der Waals surface area contributed by atoms with Crippen LogP contribution in [-0.2, 0) is 30.5 Å². The van der Waals surface area contributed by atoms with Gasteiger partial charge in [-0.05, 0) is 70.6 Å². The monoisotopic (exact) mass is 670 g/mol. The number of carbonyl (C=O) groups is 2. The van der Waals surface area contributed by atoms with Gasteiger partial charge in [0.1, 0.15) is 5.60 Å². The van der Waals surface area contributed by atoms with Gasteiger partial charge >= 0.3 is 12.3 Å². The minimum absolute atomic E-state index is 0.0814. The van der Waals surface area contributed by atoms with Crippen LogP contribution in [0.2, 0.25) is 0 Å². The van der Waals surface area contributed by atoms with Crippen molar-refractivity contribution < 1.29 is 27.5 Å². The first-order valence-corrected chi connectivity index (χ1v) is 17.1. The molecule has 0 aliphatic carbocycles. The molecule has 0 atom stereocenters. The molecule has 49 heavy (non-hydrogen) atoms. The molecule has 7 rings (SSSR count). The summed E-state index contributed by atoms with van der Waals surface area (Å²) >= 11 is 0. The molecular weight excluding hydrogens is 629 g/mol. The van der Waals surface area contributed by atoms with Crippen LogP contribution in [0.15, 0.2) is 91.0 Å². The highest BCUT2D eigenvalue weighted by Crippen LogP contribution is 2.35. The Hall–Kier alpha value is -4.41. The number of hydrogen-bond donors (Lipinski definition) is 1. The third-order valence-corrected chi connectivity index (χ3v) is 10.2. The Kier molecular flexibility index (Phi) is 9.35. The Labute approximate surface area is 284 Å². The summed E-state index contributed by atoms with van der Waals surface area (Å²) in [6.07, 6.45) is -1.55. The van der Waals surface area contributed by atoms with Gasteiger partial charge < -0.3 is 10.1 Å². The van der Waals surface area contributed by atoms with Crippen molar-refractivity contribution in [3.05, 3.63) is 119 Å². The quantitative estimate of drug-likeness (QED) is 0.214. The third kappa shape index (κ3) is 7.92. The summed E-state index contributed by atoms with van der Waals surface area (Å²) in [6.45, 7) is 5.59. The van der Waals surface area contributed by atoms with E-state index in [2.05, 4.69) is 57.6 Å². The zero-order valence-electron chi connectivity index (χ0n) is 27.4. The van der Waals surface area contributed by atoms with Gasteiger partial charge in [-0.1, -0.05) is 60.7 Å². The predicted molar refractivity (Wildman–Crippen MR) is 182 cm³/mol. The lowest BCUT2D eigenvalue weighted by Crippen LogP contribution is -2.46. The lowest BCUT2D eigenvalue weighted by Gasteiger charge is -2.37. The molecule has 3 heterocycles. The number of piperidine rings is 2. The van der Waals surface area contributed by atoms with E-state index in [1.165, 1.54) is 28.5 Å². The van der Waals surface area contributed by atoms with Crippen molar-refractivity contribution in [2.75, 3.05) is 32.7 Å². The van der Waals surface area contributed by atoms with Crippen molar-refractivity contribution in [1.82, 2.24) is 20.0 Å². The number of nitrogens with one attached hydrogen (secondary N) is 1. The maximum Gasteiger partial charge on any atom is 0.416 e. The molecule has 3 aliphatic heterocycles. The summed E-state index contributed by atoms with van der Waals surface area (Å²) < 4.78 is 44.6. The van der Waals surface area contributed by atoms with E-state index in [1.807, 2.05) is 24.3 Å². The van der Waals surface area contributed by atoms with E-state index >= 15 is 0 Å². The molecule has 4 aromatic rings. The number of alkyl halides is 3. The number of fused-ring (bicyclic) bond motifs is 1. The molecule has 256 valence electrons. The maximum absolute atomic E-state index is 13.1. The summed E-state index contributed by atoms with van der Waals surface area (Å²) in [6, 6.07) is 27.9. The molecule has 0 saturated carbocycles. The van der Waals surface area contributed by atoms with Crippen LogP contribution in [0.3, 0.4) is 0 Å². The number of hydrogen-bond acceptors (Lipinski definition) is 5. The number of rotatable bonds is 8. The Morgan fingerprint density at radius 3 is 2.04 bits per heavy atom. The highest BCUT2D eigenvalue weighted by atomic mass is 19.4. The maximum atomic E-state index is 13.1. The second kappa shape index (κ2) is 13.8. The molecule has 3 fully saturated rings. The van der Waals surface area contributed by atoms with Gasteiger partial charge in [0, 0.05) is 70.3 Å².